The van der Waals surface area contributed by atoms with Gasteiger partial charge in [0.05, 0.1) is 6.10 Å². The van der Waals surface area contributed by atoms with E-state index in [0.29, 0.717) is 6.42 Å². The molecular formula is C14H19NO2. The smallest absolute Gasteiger partial charge is 0.327 e. The lowest BCUT2D eigenvalue weighted by atomic mass is 10.0. The molecule has 3 nitrogen and oxygen atoms in total. The molecule has 2 unspecified atom stereocenters. The van der Waals surface area contributed by atoms with E-state index in [1.165, 1.54) is 5.56 Å². The molecule has 92 valence electrons. The van der Waals surface area contributed by atoms with E-state index in [4.69, 9.17) is 10.5 Å². The molecule has 0 amide bonds. The highest BCUT2D eigenvalue weighted by molar-refractivity contribution is 5.86. The van der Waals surface area contributed by atoms with Crippen molar-refractivity contribution >= 4 is 5.97 Å². The molecule has 1 aliphatic carbocycles. The summed E-state index contributed by atoms with van der Waals surface area (Å²) in [6.45, 7) is 5.72. The van der Waals surface area contributed by atoms with Crippen molar-refractivity contribution in [2.75, 3.05) is 0 Å². The van der Waals surface area contributed by atoms with Gasteiger partial charge in [0.25, 0.3) is 0 Å². The predicted octanol–water partition coefficient (Wildman–Crippen LogP) is 2.13. The number of esters is 1. The highest BCUT2D eigenvalue weighted by Crippen LogP contribution is 2.50. The number of benzene rings is 1. The zero-order valence-corrected chi connectivity index (χ0v) is 10.6. The van der Waals surface area contributed by atoms with Gasteiger partial charge in [0, 0.05) is 5.92 Å². The number of rotatable bonds is 3. The Morgan fingerprint density at radius 3 is 2.82 bits per heavy atom. The van der Waals surface area contributed by atoms with E-state index >= 15 is 0 Å². The van der Waals surface area contributed by atoms with Gasteiger partial charge in [-0.1, -0.05) is 29.8 Å². The van der Waals surface area contributed by atoms with Crippen molar-refractivity contribution < 1.29 is 9.53 Å². The summed E-state index contributed by atoms with van der Waals surface area (Å²) in [5.41, 5.74) is 7.60. The van der Waals surface area contributed by atoms with Crippen LogP contribution < -0.4 is 5.73 Å². The van der Waals surface area contributed by atoms with Crippen molar-refractivity contribution in [2.45, 2.75) is 44.8 Å². The summed E-state index contributed by atoms with van der Waals surface area (Å²) in [7, 11) is 0. The zero-order valence-electron chi connectivity index (χ0n) is 10.6. The largest absolute Gasteiger partial charge is 0.462 e. The monoisotopic (exact) mass is 233 g/mol. The van der Waals surface area contributed by atoms with Crippen LogP contribution in [-0.4, -0.2) is 17.6 Å². The van der Waals surface area contributed by atoms with Gasteiger partial charge in [0.1, 0.15) is 5.54 Å². The molecule has 2 N–H and O–H groups in total. The Hall–Kier alpha value is -1.35. The van der Waals surface area contributed by atoms with Gasteiger partial charge in [-0.2, -0.15) is 0 Å². The lowest BCUT2D eigenvalue weighted by Crippen LogP contribution is -2.38. The van der Waals surface area contributed by atoms with E-state index in [0.717, 1.165) is 5.56 Å². The second-order valence-electron chi connectivity index (χ2n) is 5.17. The molecule has 3 heteroatoms. The van der Waals surface area contributed by atoms with Crippen LogP contribution in [0.15, 0.2) is 24.3 Å². The summed E-state index contributed by atoms with van der Waals surface area (Å²) in [5.74, 6) is -0.173. The maximum absolute atomic E-state index is 11.9. The Morgan fingerprint density at radius 2 is 2.24 bits per heavy atom. The van der Waals surface area contributed by atoms with Crippen molar-refractivity contribution in [1.82, 2.24) is 0 Å². The molecule has 1 aromatic carbocycles. The first kappa shape index (κ1) is 12.1. The first-order chi connectivity index (χ1) is 7.93. The van der Waals surface area contributed by atoms with Crippen LogP contribution in [0.25, 0.3) is 0 Å². The van der Waals surface area contributed by atoms with Gasteiger partial charge in [-0.25, -0.2) is 0 Å². The number of ether oxygens (including phenoxy) is 1. The lowest BCUT2D eigenvalue weighted by Gasteiger charge is -2.14. The molecule has 1 saturated carbocycles. The van der Waals surface area contributed by atoms with Gasteiger partial charge in [0.2, 0.25) is 0 Å². The SMILES string of the molecule is Cc1cccc(C2CC2(N)C(=O)OC(C)C)c1. The summed E-state index contributed by atoms with van der Waals surface area (Å²) < 4.78 is 5.20. The third-order valence-electron chi connectivity index (χ3n) is 3.17. The highest BCUT2D eigenvalue weighted by Gasteiger charge is 2.59. The van der Waals surface area contributed by atoms with Crippen LogP contribution in [0.3, 0.4) is 0 Å². The topological polar surface area (TPSA) is 52.3 Å². The summed E-state index contributed by atoms with van der Waals surface area (Å²) in [4.78, 5) is 11.9. The molecule has 2 rings (SSSR count). The first-order valence-corrected chi connectivity index (χ1v) is 6.00. The molecule has 0 heterocycles. The molecule has 0 saturated heterocycles. The van der Waals surface area contributed by atoms with E-state index in [9.17, 15) is 4.79 Å². The van der Waals surface area contributed by atoms with Crippen LogP contribution in [0.2, 0.25) is 0 Å². The van der Waals surface area contributed by atoms with Crippen molar-refractivity contribution in [3.8, 4) is 0 Å². The van der Waals surface area contributed by atoms with Gasteiger partial charge in [-0.05, 0) is 32.8 Å². The minimum Gasteiger partial charge on any atom is -0.462 e. The quantitative estimate of drug-likeness (QED) is 0.814. The van der Waals surface area contributed by atoms with Gasteiger partial charge in [0.15, 0.2) is 0 Å². The molecule has 0 aliphatic heterocycles. The summed E-state index contributed by atoms with van der Waals surface area (Å²) in [6, 6.07) is 8.14. The molecule has 0 aromatic heterocycles. The maximum Gasteiger partial charge on any atom is 0.327 e. The molecule has 1 aliphatic rings. The average Bonchev–Trinajstić information content (AvgIpc) is 2.91. The van der Waals surface area contributed by atoms with Crippen LogP contribution in [0.4, 0.5) is 0 Å². The standard InChI is InChI=1S/C14H19NO2/c1-9(2)17-13(16)14(15)8-12(14)11-6-4-5-10(3)7-11/h4-7,9,12H,8,15H2,1-3H3. The minimum absolute atomic E-state index is 0.105. The molecule has 1 fully saturated rings. The van der Waals surface area contributed by atoms with Gasteiger partial charge in [-0.15, -0.1) is 0 Å². The summed E-state index contributed by atoms with van der Waals surface area (Å²) >= 11 is 0. The van der Waals surface area contributed by atoms with E-state index < -0.39 is 5.54 Å². The first-order valence-electron chi connectivity index (χ1n) is 6.00. The van der Waals surface area contributed by atoms with Crippen LogP contribution in [0, 0.1) is 6.92 Å². The van der Waals surface area contributed by atoms with Gasteiger partial charge >= 0.3 is 5.97 Å². The van der Waals surface area contributed by atoms with Crippen molar-refractivity contribution in [3.05, 3.63) is 35.4 Å². The fourth-order valence-corrected chi connectivity index (χ4v) is 2.13. The van der Waals surface area contributed by atoms with Crippen LogP contribution >= 0.6 is 0 Å². The van der Waals surface area contributed by atoms with E-state index in [1.807, 2.05) is 39.0 Å². The third kappa shape index (κ3) is 2.34. The summed E-state index contributed by atoms with van der Waals surface area (Å²) in [5, 5.41) is 0. The number of hydrogen-bond acceptors (Lipinski definition) is 3. The number of hydrogen-bond donors (Lipinski definition) is 1. The van der Waals surface area contributed by atoms with Crippen LogP contribution in [0.5, 0.6) is 0 Å². The number of nitrogens with two attached hydrogens (primary N) is 1. The second kappa shape index (κ2) is 4.15. The molecule has 0 bridgehead atoms. The van der Waals surface area contributed by atoms with Crippen LogP contribution in [0.1, 0.15) is 37.3 Å². The Bertz CT molecular complexity index is 442. The van der Waals surface area contributed by atoms with Gasteiger partial charge in [-0.3, -0.25) is 4.79 Å². The number of carbonyl (C=O) groups is 1. The van der Waals surface area contributed by atoms with Crippen molar-refractivity contribution in [2.24, 2.45) is 5.73 Å². The van der Waals surface area contributed by atoms with Gasteiger partial charge < -0.3 is 10.5 Å². The maximum atomic E-state index is 11.9. The third-order valence-corrected chi connectivity index (χ3v) is 3.17. The Morgan fingerprint density at radius 1 is 1.53 bits per heavy atom. The Balaban J connectivity index is 2.11. The molecule has 0 radical (unpaired) electrons. The highest BCUT2D eigenvalue weighted by atomic mass is 16.5. The van der Waals surface area contributed by atoms with Crippen molar-refractivity contribution in [3.63, 3.8) is 0 Å². The average molecular weight is 233 g/mol. The fourth-order valence-electron chi connectivity index (χ4n) is 2.13. The fraction of sp³-hybridized carbons (Fsp3) is 0.500. The van der Waals surface area contributed by atoms with E-state index in [1.54, 1.807) is 0 Å². The summed E-state index contributed by atoms with van der Waals surface area (Å²) in [6.07, 6.45) is 0.573. The molecule has 17 heavy (non-hydrogen) atoms. The molecule has 1 aromatic rings. The number of aryl methyl sites for hydroxylation is 1. The van der Waals surface area contributed by atoms with E-state index in [-0.39, 0.29) is 18.0 Å². The molecule has 0 spiro atoms. The van der Waals surface area contributed by atoms with Crippen molar-refractivity contribution in [1.29, 1.82) is 0 Å². The Kier molecular flexibility index (Phi) is 2.96. The normalized spacial score (nSPS) is 27.0. The zero-order chi connectivity index (χ0) is 12.6. The molecule has 2 atom stereocenters. The minimum atomic E-state index is -0.807. The molecular weight excluding hydrogens is 214 g/mol. The lowest BCUT2D eigenvalue weighted by molar-refractivity contribution is -0.150. The Labute approximate surface area is 102 Å². The second-order valence-corrected chi connectivity index (χ2v) is 5.17. The predicted molar refractivity (Wildman–Crippen MR) is 66.7 cm³/mol. The number of carbonyl (C=O) groups excluding carboxylic acids is 1. The van der Waals surface area contributed by atoms with E-state index in [2.05, 4.69) is 6.07 Å². The van der Waals surface area contributed by atoms with Crippen LogP contribution in [-0.2, 0) is 9.53 Å².